The standard InChI is InChI=1S/C24H21Cl2N3/c1-12(2)21-22(23-16-7-9-27-19(16)5-4-18(23)26)13(3)29-24(21)17-10-14(25)11-20-15(17)6-8-28-20/h4-12,27-29H,1-3H3. The maximum Gasteiger partial charge on any atom is 0.0505 e. The summed E-state index contributed by atoms with van der Waals surface area (Å²) in [4.78, 5) is 10.2. The summed E-state index contributed by atoms with van der Waals surface area (Å²) >= 11 is 13.2. The van der Waals surface area contributed by atoms with Crippen molar-refractivity contribution in [1.29, 1.82) is 0 Å². The van der Waals surface area contributed by atoms with Crippen LogP contribution >= 0.6 is 23.2 Å². The second-order valence-corrected chi connectivity index (χ2v) is 8.67. The normalized spacial score (nSPS) is 11.9. The van der Waals surface area contributed by atoms with Crippen LogP contribution in [-0.4, -0.2) is 15.0 Å². The first-order valence-electron chi connectivity index (χ1n) is 9.71. The average molecular weight is 422 g/mol. The number of aromatic amines is 3. The van der Waals surface area contributed by atoms with Crippen LogP contribution in [0.4, 0.5) is 0 Å². The molecule has 3 N–H and O–H groups in total. The molecule has 3 nitrogen and oxygen atoms in total. The number of halogens is 2. The van der Waals surface area contributed by atoms with Gasteiger partial charge in [0.15, 0.2) is 0 Å². The van der Waals surface area contributed by atoms with E-state index in [9.17, 15) is 0 Å². The van der Waals surface area contributed by atoms with Gasteiger partial charge in [-0.15, -0.1) is 0 Å². The number of aryl methyl sites for hydroxylation is 1. The molecule has 3 aromatic heterocycles. The van der Waals surface area contributed by atoms with Crippen LogP contribution < -0.4 is 0 Å². The van der Waals surface area contributed by atoms with E-state index in [0.717, 1.165) is 49.3 Å². The van der Waals surface area contributed by atoms with Gasteiger partial charge in [0.2, 0.25) is 0 Å². The maximum atomic E-state index is 6.75. The maximum absolute atomic E-state index is 6.75. The largest absolute Gasteiger partial charge is 0.361 e. The predicted molar refractivity (Wildman–Crippen MR) is 124 cm³/mol. The first-order valence-corrected chi connectivity index (χ1v) is 10.5. The summed E-state index contributed by atoms with van der Waals surface area (Å²) in [6, 6.07) is 12.2. The Bertz CT molecular complexity index is 1370. The highest BCUT2D eigenvalue weighted by molar-refractivity contribution is 6.35. The number of hydrogen-bond acceptors (Lipinski definition) is 0. The molecule has 3 heterocycles. The van der Waals surface area contributed by atoms with E-state index < -0.39 is 0 Å². The van der Waals surface area contributed by atoms with Crippen molar-refractivity contribution < 1.29 is 0 Å². The Labute approximate surface area is 179 Å². The molecule has 146 valence electrons. The summed E-state index contributed by atoms with van der Waals surface area (Å²) in [5.41, 5.74) is 8.91. The van der Waals surface area contributed by atoms with Gasteiger partial charge >= 0.3 is 0 Å². The van der Waals surface area contributed by atoms with Crippen molar-refractivity contribution >= 4 is 45.0 Å². The van der Waals surface area contributed by atoms with Crippen molar-refractivity contribution in [3.63, 3.8) is 0 Å². The van der Waals surface area contributed by atoms with Gasteiger partial charge in [-0.2, -0.15) is 0 Å². The fourth-order valence-corrected chi connectivity index (χ4v) is 4.93. The van der Waals surface area contributed by atoms with Gasteiger partial charge in [0.05, 0.1) is 5.69 Å². The van der Waals surface area contributed by atoms with E-state index >= 15 is 0 Å². The molecular weight excluding hydrogens is 401 g/mol. The SMILES string of the molecule is Cc1[nH]c(-c2cc(Cl)cc3[nH]ccc23)c(C(C)C)c1-c1c(Cl)ccc2[nH]ccc12. The lowest BCUT2D eigenvalue weighted by molar-refractivity contribution is 0.873. The zero-order valence-electron chi connectivity index (χ0n) is 16.5. The third-order valence-electron chi connectivity index (χ3n) is 5.64. The van der Waals surface area contributed by atoms with Crippen LogP contribution in [0.2, 0.25) is 10.0 Å². The number of rotatable bonds is 3. The van der Waals surface area contributed by atoms with Crippen molar-refractivity contribution in [3.05, 3.63) is 70.1 Å². The molecule has 0 radical (unpaired) electrons. The van der Waals surface area contributed by atoms with E-state index in [1.807, 2.05) is 36.7 Å². The van der Waals surface area contributed by atoms with Crippen LogP contribution in [0.5, 0.6) is 0 Å². The summed E-state index contributed by atoms with van der Waals surface area (Å²) in [6.45, 7) is 6.56. The highest BCUT2D eigenvalue weighted by atomic mass is 35.5. The minimum Gasteiger partial charge on any atom is -0.361 e. The molecule has 0 unspecified atom stereocenters. The molecule has 0 saturated heterocycles. The van der Waals surface area contributed by atoms with Gasteiger partial charge < -0.3 is 15.0 Å². The zero-order valence-corrected chi connectivity index (χ0v) is 18.0. The molecule has 0 saturated carbocycles. The first-order chi connectivity index (χ1) is 14.0. The van der Waals surface area contributed by atoms with Crippen molar-refractivity contribution in [2.45, 2.75) is 26.7 Å². The van der Waals surface area contributed by atoms with E-state index in [2.05, 4.69) is 47.9 Å². The second-order valence-electron chi connectivity index (χ2n) is 7.82. The van der Waals surface area contributed by atoms with E-state index in [1.54, 1.807) is 0 Å². The molecule has 2 aromatic carbocycles. The molecule has 0 aliphatic heterocycles. The fraction of sp³-hybridized carbons (Fsp3) is 0.167. The van der Waals surface area contributed by atoms with Crippen LogP contribution in [0, 0.1) is 6.92 Å². The molecule has 5 aromatic rings. The lowest BCUT2D eigenvalue weighted by Crippen LogP contribution is -1.94. The van der Waals surface area contributed by atoms with Gasteiger partial charge in [-0.05, 0) is 54.8 Å². The van der Waals surface area contributed by atoms with Gasteiger partial charge in [-0.1, -0.05) is 37.0 Å². The highest BCUT2D eigenvalue weighted by Crippen LogP contribution is 2.46. The zero-order chi connectivity index (χ0) is 20.3. The highest BCUT2D eigenvalue weighted by Gasteiger charge is 2.24. The van der Waals surface area contributed by atoms with Crippen molar-refractivity contribution in [1.82, 2.24) is 15.0 Å². The summed E-state index contributed by atoms with van der Waals surface area (Å²) < 4.78 is 0. The number of hydrogen-bond donors (Lipinski definition) is 3. The first kappa shape index (κ1) is 18.4. The Balaban J connectivity index is 1.88. The quantitative estimate of drug-likeness (QED) is 0.263. The van der Waals surface area contributed by atoms with Gasteiger partial charge in [0.25, 0.3) is 0 Å². The number of nitrogens with one attached hydrogen (secondary N) is 3. The topological polar surface area (TPSA) is 47.4 Å². The smallest absolute Gasteiger partial charge is 0.0505 e. The Kier molecular flexibility index (Phi) is 4.27. The van der Waals surface area contributed by atoms with Crippen LogP contribution in [0.1, 0.15) is 31.0 Å². The fourth-order valence-electron chi connectivity index (χ4n) is 4.46. The monoisotopic (exact) mass is 421 g/mol. The summed E-state index contributed by atoms with van der Waals surface area (Å²) in [5.74, 6) is 0.295. The van der Waals surface area contributed by atoms with Gasteiger partial charge in [-0.25, -0.2) is 0 Å². The average Bonchev–Trinajstić information content (AvgIpc) is 3.39. The van der Waals surface area contributed by atoms with E-state index in [0.29, 0.717) is 10.9 Å². The summed E-state index contributed by atoms with van der Waals surface area (Å²) in [5, 5.41) is 3.75. The molecule has 5 rings (SSSR count). The van der Waals surface area contributed by atoms with Crippen LogP contribution in [0.25, 0.3) is 44.2 Å². The van der Waals surface area contributed by atoms with Crippen LogP contribution in [0.3, 0.4) is 0 Å². The third kappa shape index (κ3) is 2.80. The number of benzene rings is 2. The molecule has 0 bridgehead atoms. The Morgan fingerprint density at radius 3 is 2.31 bits per heavy atom. The molecule has 29 heavy (non-hydrogen) atoms. The predicted octanol–water partition coefficient (Wildman–Crippen LogP) is 8.05. The Morgan fingerprint density at radius 2 is 1.55 bits per heavy atom. The van der Waals surface area contributed by atoms with E-state index in [4.69, 9.17) is 23.2 Å². The molecule has 0 atom stereocenters. The molecular formula is C24H21Cl2N3. The number of aromatic nitrogens is 3. The Hall–Kier alpha value is -2.62. The van der Waals surface area contributed by atoms with Crippen LogP contribution in [0.15, 0.2) is 48.8 Å². The van der Waals surface area contributed by atoms with Gasteiger partial charge in [-0.3, -0.25) is 0 Å². The summed E-state index contributed by atoms with van der Waals surface area (Å²) in [6.07, 6.45) is 3.91. The molecule has 0 aliphatic carbocycles. The molecule has 0 aliphatic rings. The van der Waals surface area contributed by atoms with E-state index in [-0.39, 0.29) is 0 Å². The molecule has 0 amide bonds. The minimum atomic E-state index is 0.295. The van der Waals surface area contributed by atoms with Crippen molar-refractivity contribution in [2.24, 2.45) is 0 Å². The second kappa shape index (κ2) is 6.72. The third-order valence-corrected chi connectivity index (χ3v) is 6.17. The van der Waals surface area contributed by atoms with Gasteiger partial charge in [0, 0.05) is 66.6 Å². The molecule has 5 heteroatoms. The number of fused-ring (bicyclic) bond motifs is 2. The minimum absolute atomic E-state index is 0.295. The lowest BCUT2D eigenvalue weighted by Gasteiger charge is -2.15. The van der Waals surface area contributed by atoms with Gasteiger partial charge in [0.1, 0.15) is 0 Å². The summed E-state index contributed by atoms with van der Waals surface area (Å²) in [7, 11) is 0. The lowest BCUT2D eigenvalue weighted by atomic mass is 9.89. The van der Waals surface area contributed by atoms with Crippen molar-refractivity contribution in [3.8, 4) is 22.4 Å². The van der Waals surface area contributed by atoms with Crippen LogP contribution in [-0.2, 0) is 0 Å². The van der Waals surface area contributed by atoms with Crippen molar-refractivity contribution in [2.75, 3.05) is 0 Å². The molecule has 0 fully saturated rings. The number of H-pyrrole nitrogens is 3. The Morgan fingerprint density at radius 1 is 0.828 bits per heavy atom. The molecule has 0 spiro atoms. The van der Waals surface area contributed by atoms with E-state index in [1.165, 1.54) is 11.1 Å².